The van der Waals surface area contributed by atoms with E-state index in [1.165, 1.54) is 17.9 Å². The van der Waals surface area contributed by atoms with Crippen molar-refractivity contribution in [3.8, 4) is 0 Å². The van der Waals surface area contributed by atoms with Crippen LogP contribution in [0.2, 0.25) is 0 Å². The van der Waals surface area contributed by atoms with Gasteiger partial charge in [-0.05, 0) is 30.9 Å². The number of rotatable bonds is 4. The van der Waals surface area contributed by atoms with Gasteiger partial charge in [0, 0.05) is 30.4 Å². The Kier molecular flexibility index (Phi) is 4.42. The Bertz CT molecular complexity index is 378. The Labute approximate surface area is 106 Å². The van der Waals surface area contributed by atoms with E-state index >= 15 is 0 Å². The van der Waals surface area contributed by atoms with Crippen LogP contribution in [0.4, 0.5) is 4.39 Å². The largest absolute Gasteiger partial charge is 0.326 e. The maximum absolute atomic E-state index is 13.8. The third-order valence-corrected chi connectivity index (χ3v) is 4.45. The van der Waals surface area contributed by atoms with Crippen LogP contribution in [0.5, 0.6) is 0 Å². The van der Waals surface area contributed by atoms with E-state index in [-0.39, 0.29) is 5.82 Å². The summed E-state index contributed by atoms with van der Waals surface area (Å²) < 4.78 is 13.8. The normalized spacial score (nSPS) is 20.1. The molecular weight excluding hydrogens is 235 g/mol. The van der Waals surface area contributed by atoms with E-state index in [2.05, 4.69) is 11.9 Å². The van der Waals surface area contributed by atoms with Gasteiger partial charge in [0.25, 0.3) is 0 Å². The molecule has 0 spiro atoms. The van der Waals surface area contributed by atoms with Crippen LogP contribution in [-0.4, -0.2) is 29.5 Å². The van der Waals surface area contributed by atoms with Gasteiger partial charge in [0.15, 0.2) is 0 Å². The van der Waals surface area contributed by atoms with Crippen molar-refractivity contribution in [1.29, 1.82) is 0 Å². The number of hydrogen-bond acceptors (Lipinski definition) is 3. The average molecular weight is 254 g/mol. The highest BCUT2D eigenvalue weighted by atomic mass is 32.2. The van der Waals surface area contributed by atoms with Gasteiger partial charge >= 0.3 is 0 Å². The minimum Gasteiger partial charge on any atom is -0.326 e. The second kappa shape index (κ2) is 5.85. The van der Waals surface area contributed by atoms with Crippen molar-refractivity contribution in [1.82, 2.24) is 4.90 Å². The molecule has 1 aromatic carbocycles. The molecule has 0 saturated carbocycles. The molecular formula is C13H19FN2S. The molecule has 1 aliphatic rings. The van der Waals surface area contributed by atoms with Crippen molar-refractivity contribution >= 4 is 11.8 Å². The summed E-state index contributed by atoms with van der Waals surface area (Å²) in [6.45, 7) is 1.08. The SMILES string of the molecule is CN(Cc1ccc(CN)cc1F)C1CCSC1. The Balaban J connectivity index is 2.02. The molecule has 0 aliphatic carbocycles. The molecule has 0 bridgehead atoms. The molecule has 1 unspecified atom stereocenters. The van der Waals surface area contributed by atoms with Crippen molar-refractivity contribution in [2.45, 2.75) is 25.6 Å². The number of halogens is 1. The summed E-state index contributed by atoms with van der Waals surface area (Å²) in [5.74, 6) is 2.26. The molecule has 0 radical (unpaired) electrons. The summed E-state index contributed by atoms with van der Waals surface area (Å²) in [4.78, 5) is 2.25. The second-order valence-corrected chi connectivity index (χ2v) is 5.71. The fourth-order valence-electron chi connectivity index (χ4n) is 2.11. The van der Waals surface area contributed by atoms with E-state index in [1.54, 1.807) is 6.07 Å². The lowest BCUT2D eigenvalue weighted by Gasteiger charge is -2.23. The van der Waals surface area contributed by atoms with Gasteiger partial charge < -0.3 is 5.73 Å². The van der Waals surface area contributed by atoms with Gasteiger partial charge in [0.05, 0.1) is 0 Å². The molecule has 0 aromatic heterocycles. The summed E-state index contributed by atoms with van der Waals surface area (Å²) in [5, 5.41) is 0. The van der Waals surface area contributed by atoms with Crippen molar-refractivity contribution in [2.24, 2.45) is 5.73 Å². The van der Waals surface area contributed by atoms with Crippen LogP contribution in [0.3, 0.4) is 0 Å². The zero-order valence-corrected chi connectivity index (χ0v) is 11.0. The molecule has 0 amide bonds. The fourth-order valence-corrected chi connectivity index (χ4v) is 3.41. The molecule has 94 valence electrons. The predicted octanol–water partition coefficient (Wildman–Crippen LogP) is 2.22. The van der Waals surface area contributed by atoms with Crippen LogP contribution in [-0.2, 0) is 13.1 Å². The van der Waals surface area contributed by atoms with Gasteiger partial charge in [-0.15, -0.1) is 0 Å². The second-order valence-electron chi connectivity index (χ2n) is 4.56. The molecule has 2 N–H and O–H groups in total. The lowest BCUT2D eigenvalue weighted by Crippen LogP contribution is -2.31. The van der Waals surface area contributed by atoms with E-state index in [9.17, 15) is 4.39 Å². The lowest BCUT2D eigenvalue weighted by molar-refractivity contribution is 0.251. The van der Waals surface area contributed by atoms with E-state index in [1.807, 2.05) is 23.9 Å². The first-order chi connectivity index (χ1) is 8.20. The molecule has 1 atom stereocenters. The highest BCUT2D eigenvalue weighted by Gasteiger charge is 2.20. The number of nitrogens with two attached hydrogens (primary N) is 1. The first-order valence-electron chi connectivity index (χ1n) is 5.96. The van der Waals surface area contributed by atoms with Crippen molar-refractivity contribution in [3.63, 3.8) is 0 Å². The molecule has 4 heteroatoms. The maximum atomic E-state index is 13.8. The number of hydrogen-bond donors (Lipinski definition) is 1. The van der Waals surface area contributed by atoms with E-state index in [4.69, 9.17) is 5.73 Å². The molecule has 1 aromatic rings. The minimum atomic E-state index is -0.134. The molecule has 1 aliphatic heterocycles. The fraction of sp³-hybridized carbons (Fsp3) is 0.538. The van der Waals surface area contributed by atoms with Crippen LogP contribution in [0.25, 0.3) is 0 Å². The van der Waals surface area contributed by atoms with Gasteiger partial charge in [-0.3, -0.25) is 4.90 Å². The predicted molar refractivity (Wildman–Crippen MR) is 71.5 cm³/mol. The third kappa shape index (κ3) is 3.21. The van der Waals surface area contributed by atoms with Gasteiger partial charge in [-0.25, -0.2) is 4.39 Å². The number of nitrogens with zero attached hydrogens (tertiary/aromatic N) is 1. The Hall–Kier alpha value is -0.580. The van der Waals surface area contributed by atoms with Crippen LogP contribution >= 0.6 is 11.8 Å². The molecule has 1 fully saturated rings. The average Bonchev–Trinajstić information content (AvgIpc) is 2.85. The first kappa shape index (κ1) is 12.9. The van der Waals surface area contributed by atoms with E-state index in [0.717, 1.165) is 11.1 Å². The number of benzene rings is 1. The van der Waals surface area contributed by atoms with Gasteiger partial charge in [-0.1, -0.05) is 12.1 Å². The highest BCUT2D eigenvalue weighted by Crippen LogP contribution is 2.23. The monoisotopic (exact) mass is 254 g/mol. The van der Waals surface area contributed by atoms with Crippen molar-refractivity contribution < 1.29 is 4.39 Å². The first-order valence-corrected chi connectivity index (χ1v) is 7.11. The number of thioether (sulfide) groups is 1. The molecule has 1 heterocycles. The molecule has 2 rings (SSSR count). The van der Waals surface area contributed by atoms with Gasteiger partial charge in [-0.2, -0.15) is 11.8 Å². The lowest BCUT2D eigenvalue weighted by atomic mass is 10.1. The Morgan fingerprint density at radius 1 is 1.53 bits per heavy atom. The topological polar surface area (TPSA) is 29.3 Å². The van der Waals surface area contributed by atoms with E-state index in [0.29, 0.717) is 19.1 Å². The zero-order chi connectivity index (χ0) is 12.3. The van der Waals surface area contributed by atoms with Crippen molar-refractivity contribution in [3.05, 3.63) is 35.1 Å². The van der Waals surface area contributed by atoms with Crippen LogP contribution < -0.4 is 5.73 Å². The maximum Gasteiger partial charge on any atom is 0.128 e. The molecule has 1 saturated heterocycles. The van der Waals surface area contributed by atoms with Crippen LogP contribution in [0.1, 0.15) is 17.5 Å². The summed E-state index contributed by atoms with van der Waals surface area (Å²) in [6, 6.07) is 5.91. The van der Waals surface area contributed by atoms with Crippen LogP contribution in [0.15, 0.2) is 18.2 Å². The Morgan fingerprint density at radius 3 is 2.94 bits per heavy atom. The quantitative estimate of drug-likeness (QED) is 0.893. The van der Waals surface area contributed by atoms with Crippen LogP contribution in [0, 0.1) is 5.82 Å². The minimum absolute atomic E-state index is 0.134. The summed E-state index contributed by atoms with van der Waals surface area (Å²) >= 11 is 1.98. The summed E-state index contributed by atoms with van der Waals surface area (Å²) in [6.07, 6.45) is 1.21. The van der Waals surface area contributed by atoms with E-state index < -0.39 is 0 Å². The van der Waals surface area contributed by atoms with Gasteiger partial charge in [0.2, 0.25) is 0 Å². The standard InChI is InChI=1S/C13H19FN2S/c1-16(12-4-5-17-9-12)8-11-3-2-10(7-15)6-13(11)14/h2-3,6,12H,4-5,7-9,15H2,1H3. The molecule has 2 nitrogen and oxygen atoms in total. The third-order valence-electron chi connectivity index (χ3n) is 3.30. The molecule has 17 heavy (non-hydrogen) atoms. The van der Waals surface area contributed by atoms with Crippen molar-refractivity contribution in [2.75, 3.05) is 18.6 Å². The smallest absolute Gasteiger partial charge is 0.128 e. The Morgan fingerprint density at radius 2 is 2.35 bits per heavy atom. The summed E-state index contributed by atoms with van der Waals surface area (Å²) in [5.41, 5.74) is 7.11. The van der Waals surface area contributed by atoms with Gasteiger partial charge in [0.1, 0.15) is 5.82 Å². The highest BCUT2D eigenvalue weighted by molar-refractivity contribution is 7.99. The zero-order valence-electron chi connectivity index (χ0n) is 10.2. The summed E-state index contributed by atoms with van der Waals surface area (Å²) in [7, 11) is 2.08.